The lowest BCUT2D eigenvalue weighted by molar-refractivity contribution is -0.135. The highest BCUT2D eigenvalue weighted by Gasteiger charge is 2.45. The van der Waals surface area contributed by atoms with Gasteiger partial charge in [0.1, 0.15) is 6.04 Å². The fourth-order valence-electron chi connectivity index (χ4n) is 5.20. The van der Waals surface area contributed by atoms with Crippen molar-refractivity contribution >= 4 is 29.1 Å². The van der Waals surface area contributed by atoms with E-state index in [1.807, 2.05) is 27.3 Å². The molecule has 3 fully saturated rings. The maximum Gasteiger partial charge on any atom is 0.264 e. The summed E-state index contributed by atoms with van der Waals surface area (Å²) in [4.78, 5) is 50.8. The zero-order valence-corrected chi connectivity index (χ0v) is 20.5. The molecule has 0 aromatic carbocycles. The van der Waals surface area contributed by atoms with Crippen molar-refractivity contribution in [2.75, 3.05) is 45.9 Å². The van der Waals surface area contributed by atoms with Crippen molar-refractivity contribution < 1.29 is 19.1 Å². The zero-order chi connectivity index (χ0) is 24.2. The van der Waals surface area contributed by atoms with E-state index in [1.54, 1.807) is 23.2 Å². The molecule has 0 aliphatic carbocycles. The van der Waals surface area contributed by atoms with E-state index in [4.69, 9.17) is 4.74 Å². The molecule has 2 aromatic heterocycles. The van der Waals surface area contributed by atoms with Gasteiger partial charge in [0.15, 0.2) is 0 Å². The van der Waals surface area contributed by atoms with Crippen LogP contribution in [0.5, 0.6) is 0 Å². The number of thiophene rings is 1. The van der Waals surface area contributed by atoms with E-state index in [-0.39, 0.29) is 29.9 Å². The molecular weight excluding hydrogens is 466 g/mol. The number of nitrogens with zero attached hydrogens (tertiary/aromatic N) is 4. The lowest BCUT2D eigenvalue weighted by atomic mass is 10.1. The molecule has 2 aromatic rings. The molecule has 10 heteroatoms. The standard InChI is InChI=1S/C25H31N5O4S/c31-23(18-4-1-7-27-15-18)30-16-19(14-21(30)24(32)28-10-8-26-9-11-28)29(17-20-5-2-12-34-20)25(33)22-6-3-13-35-22/h1,3-4,6-7,13,15,19-21,26H,2,5,8-12,14,16-17H2. The number of pyridine rings is 1. The van der Waals surface area contributed by atoms with Crippen LogP contribution in [0.1, 0.15) is 39.3 Å². The number of hydrogen-bond donors (Lipinski definition) is 1. The van der Waals surface area contributed by atoms with Crippen molar-refractivity contribution in [3.05, 3.63) is 52.5 Å². The molecule has 9 nitrogen and oxygen atoms in total. The van der Waals surface area contributed by atoms with Gasteiger partial charge in [-0.25, -0.2) is 0 Å². The van der Waals surface area contributed by atoms with Gasteiger partial charge in [-0.3, -0.25) is 19.4 Å². The molecule has 0 bridgehead atoms. The molecular formula is C25H31N5O4S. The van der Waals surface area contributed by atoms with E-state index in [0.29, 0.717) is 49.6 Å². The molecule has 0 radical (unpaired) electrons. The quantitative estimate of drug-likeness (QED) is 0.650. The third-order valence-corrected chi connectivity index (χ3v) is 7.88. The van der Waals surface area contributed by atoms with E-state index in [2.05, 4.69) is 10.3 Å². The summed E-state index contributed by atoms with van der Waals surface area (Å²) >= 11 is 1.41. The van der Waals surface area contributed by atoms with E-state index in [9.17, 15) is 14.4 Å². The molecule has 3 saturated heterocycles. The largest absolute Gasteiger partial charge is 0.376 e. The van der Waals surface area contributed by atoms with E-state index >= 15 is 0 Å². The first-order valence-corrected chi connectivity index (χ1v) is 13.2. The Morgan fingerprint density at radius 3 is 2.74 bits per heavy atom. The van der Waals surface area contributed by atoms with Crippen LogP contribution >= 0.6 is 11.3 Å². The van der Waals surface area contributed by atoms with E-state index in [1.165, 1.54) is 17.5 Å². The van der Waals surface area contributed by atoms with Crippen LogP contribution in [-0.4, -0.2) is 101 Å². The Morgan fingerprint density at radius 2 is 2.06 bits per heavy atom. The summed E-state index contributed by atoms with van der Waals surface area (Å²) in [5.74, 6) is -0.342. The molecule has 3 atom stereocenters. The highest BCUT2D eigenvalue weighted by molar-refractivity contribution is 7.12. The number of amides is 3. The first kappa shape index (κ1) is 23.9. The Labute approximate surface area is 209 Å². The Hall–Kier alpha value is -2.82. The molecule has 35 heavy (non-hydrogen) atoms. The van der Waals surface area contributed by atoms with Crippen LogP contribution in [0.2, 0.25) is 0 Å². The fourth-order valence-corrected chi connectivity index (χ4v) is 5.88. The number of likely N-dealkylation sites (tertiary alicyclic amines) is 1. The summed E-state index contributed by atoms with van der Waals surface area (Å²) in [6.45, 7) is 4.17. The number of ether oxygens (including phenoxy) is 1. The van der Waals surface area contributed by atoms with Gasteiger partial charge in [-0.05, 0) is 42.8 Å². The second-order valence-corrected chi connectivity index (χ2v) is 10.2. The number of hydrogen-bond acceptors (Lipinski definition) is 7. The maximum absolute atomic E-state index is 13.6. The maximum atomic E-state index is 13.6. The van der Waals surface area contributed by atoms with Crippen LogP contribution in [0, 0.1) is 0 Å². The minimum Gasteiger partial charge on any atom is -0.376 e. The predicted octanol–water partition coefficient (Wildman–Crippen LogP) is 1.48. The van der Waals surface area contributed by atoms with Crippen molar-refractivity contribution in [1.82, 2.24) is 25.0 Å². The summed E-state index contributed by atoms with van der Waals surface area (Å²) in [5.41, 5.74) is 0.446. The van der Waals surface area contributed by atoms with Crippen molar-refractivity contribution in [1.29, 1.82) is 0 Å². The van der Waals surface area contributed by atoms with Crippen LogP contribution in [0.15, 0.2) is 42.0 Å². The molecule has 0 saturated carbocycles. The summed E-state index contributed by atoms with van der Waals surface area (Å²) in [7, 11) is 0. The lowest BCUT2D eigenvalue weighted by Crippen LogP contribution is -2.53. The predicted molar refractivity (Wildman–Crippen MR) is 131 cm³/mol. The Balaban J connectivity index is 1.43. The van der Waals surface area contributed by atoms with Crippen molar-refractivity contribution in [2.24, 2.45) is 0 Å². The van der Waals surface area contributed by atoms with Gasteiger partial charge in [-0.15, -0.1) is 11.3 Å². The number of nitrogens with one attached hydrogen (secondary N) is 1. The highest BCUT2D eigenvalue weighted by atomic mass is 32.1. The number of aromatic nitrogens is 1. The van der Waals surface area contributed by atoms with Crippen molar-refractivity contribution in [3.63, 3.8) is 0 Å². The molecule has 5 rings (SSSR count). The van der Waals surface area contributed by atoms with Crippen molar-refractivity contribution in [2.45, 2.75) is 37.5 Å². The molecule has 3 unspecified atom stereocenters. The topological polar surface area (TPSA) is 95.1 Å². The SMILES string of the molecule is O=C(C1CC(N(CC2CCCO2)C(=O)c2cccs2)CN1C(=O)c1cccnc1)N1CCNCC1. The van der Waals surface area contributed by atoms with Gasteiger partial charge in [0.2, 0.25) is 5.91 Å². The molecule has 186 valence electrons. The average Bonchev–Trinajstić information content (AvgIpc) is 3.69. The van der Waals surface area contributed by atoms with Crippen LogP contribution in [-0.2, 0) is 9.53 Å². The Kier molecular flexibility index (Phi) is 7.40. The first-order chi connectivity index (χ1) is 17.1. The molecule has 0 spiro atoms. The van der Waals surface area contributed by atoms with Crippen LogP contribution < -0.4 is 5.32 Å². The average molecular weight is 498 g/mol. The van der Waals surface area contributed by atoms with Gasteiger partial charge in [0.05, 0.1) is 22.6 Å². The smallest absolute Gasteiger partial charge is 0.264 e. The third-order valence-electron chi connectivity index (χ3n) is 7.02. The van der Waals surface area contributed by atoms with Crippen molar-refractivity contribution in [3.8, 4) is 0 Å². The highest BCUT2D eigenvalue weighted by Crippen LogP contribution is 2.29. The Bertz CT molecular complexity index is 1020. The second kappa shape index (κ2) is 10.8. The molecule has 3 aliphatic rings. The van der Waals surface area contributed by atoms with Crippen LogP contribution in [0.4, 0.5) is 0 Å². The number of rotatable bonds is 6. The van der Waals surface area contributed by atoms with Crippen LogP contribution in [0.3, 0.4) is 0 Å². The van der Waals surface area contributed by atoms with Crippen LogP contribution in [0.25, 0.3) is 0 Å². The van der Waals surface area contributed by atoms with Gasteiger partial charge < -0.3 is 24.8 Å². The summed E-state index contributed by atoms with van der Waals surface area (Å²) in [6.07, 6.45) is 5.43. The Morgan fingerprint density at radius 1 is 1.20 bits per heavy atom. The first-order valence-electron chi connectivity index (χ1n) is 12.3. The molecule has 3 amide bonds. The third kappa shape index (κ3) is 5.24. The summed E-state index contributed by atoms with van der Waals surface area (Å²) in [6, 6.07) is 6.24. The fraction of sp³-hybridized carbons (Fsp3) is 0.520. The minimum atomic E-state index is -0.617. The van der Waals surface area contributed by atoms with Gasteiger partial charge in [0.25, 0.3) is 11.8 Å². The summed E-state index contributed by atoms with van der Waals surface area (Å²) < 4.78 is 5.86. The number of carbonyl (C=O) groups excluding carboxylic acids is 3. The molecule has 3 aliphatic heterocycles. The van der Waals surface area contributed by atoms with Gasteiger partial charge in [0, 0.05) is 58.3 Å². The van der Waals surface area contributed by atoms with Gasteiger partial charge in [-0.2, -0.15) is 0 Å². The number of piperazine rings is 1. The zero-order valence-electron chi connectivity index (χ0n) is 19.7. The summed E-state index contributed by atoms with van der Waals surface area (Å²) in [5, 5.41) is 5.16. The molecule has 5 heterocycles. The number of carbonyl (C=O) groups is 3. The minimum absolute atomic E-state index is 0.0238. The van der Waals surface area contributed by atoms with Gasteiger partial charge >= 0.3 is 0 Å². The normalized spacial score (nSPS) is 24.5. The monoisotopic (exact) mass is 497 g/mol. The second-order valence-electron chi connectivity index (χ2n) is 9.25. The molecule has 1 N–H and O–H groups in total. The van der Waals surface area contributed by atoms with E-state index < -0.39 is 6.04 Å². The van der Waals surface area contributed by atoms with E-state index in [0.717, 1.165) is 25.9 Å². The lowest BCUT2D eigenvalue weighted by Gasteiger charge is -2.32. The van der Waals surface area contributed by atoms with Gasteiger partial charge in [-0.1, -0.05) is 6.07 Å².